The van der Waals surface area contributed by atoms with E-state index in [9.17, 15) is 14.7 Å². The molecule has 2 aliphatic heterocycles. The number of amides is 3. The number of ether oxygens (including phenoxy) is 1. The molecule has 2 atom stereocenters. The van der Waals surface area contributed by atoms with Gasteiger partial charge in [-0.05, 0) is 26.7 Å². The zero-order chi connectivity index (χ0) is 15.6. The van der Waals surface area contributed by atoms with Crippen LogP contribution >= 0.6 is 24.0 Å². The molecule has 0 aliphatic carbocycles. The summed E-state index contributed by atoms with van der Waals surface area (Å²) in [7, 11) is 1.68. The fourth-order valence-corrected chi connectivity index (χ4v) is 3.03. The Bertz CT molecular complexity index is 419. The number of urea groups is 1. The predicted octanol–water partition coefficient (Wildman–Crippen LogP) is 0.407. The maximum absolute atomic E-state index is 12.1. The van der Waals surface area contributed by atoms with Crippen LogP contribution in [0.15, 0.2) is 0 Å². The number of carbonyl (C=O) groups excluding carboxylic acids is 2. The number of hydrogen-bond acceptors (Lipinski definition) is 5. The molecule has 2 aliphatic rings. The average molecular weight is 427 g/mol. The lowest BCUT2D eigenvalue weighted by molar-refractivity contribution is -0.130. The van der Waals surface area contributed by atoms with Gasteiger partial charge in [-0.1, -0.05) is 0 Å². The second-order valence-electron chi connectivity index (χ2n) is 6.29. The van der Waals surface area contributed by atoms with E-state index in [4.69, 9.17) is 4.74 Å². The van der Waals surface area contributed by atoms with Crippen LogP contribution in [-0.2, 0) is 9.53 Å². The molecular formula is C14H26IN3O4. The van der Waals surface area contributed by atoms with Crippen molar-refractivity contribution in [2.45, 2.75) is 44.4 Å². The molecule has 2 heterocycles. The van der Waals surface area contributed by atoms with E-state index in [-0.39, 0.29) is 54.7 Å². The van der Waals surface area contributed by atoms with Crippen molar-refractivity contribution in [1.82, 2.24) is 15.1 Å². The highest BCUT2D eigenvalue weighted by Crippen LogP contribution is 2.21. The number of likely N-dealkylation sites (tertiary alicyclic amines) is 1. The molecule has 0 aromatic carbocycles. The Morgan fingerprint density at radius 2 is 2.05 bits per heavy atom. The number of hydrogen-bond donors (Lipinski definition) is 2. The van der Waals surface area contributed by atoms with Crippen molar-refractivity contribution in [3.63, 3.8) is 0 Å². The summed E-state index contributed by atoms with van der Waals surface area (Å²) < 4.78 is 5.33. The largest absolute Gasteiger partial charge is 0.395 e. The maximum Gasteiger partial charge on any atom is 0.325 e. The molecule has 8 heteroatoms. The summed E-state index contributed by atoms with van der Waals surface area (Å²) >= 11 is 0. The van der Waals surface area contributed by atoms with Gasteiger partial charge in [-0.25, -0.2) is 4.79 Å². The van der Waals surface area contributed by atoms with Gasteiger partial charge in [-0.3, -0.25) is 14.6 Å². The third kappa shape index (κ3) is 4.09. The standard InChI is InChI=1S/C14H25N3O4.HI/c1-14(2)12(19)17(13(20)15-14)6-4-5-16-8-11(21-3)7-10(16)9-18;/h10-11,18H,4-9H2,1-3H3,(H,15,20);1H/t10-,11+;/m0./s1. The molecule has 128 valence electrons. The second kappa shape index (κ2) is 7.89. The van der Waals surface area contributed by atoms with Crippen molar-refractivity contribution in [3.05, 3.63) is 0 Å². The Morgan fingerprint density at radius 1 is 1.36 bits per heavy atom. The van der Waals surface area contributed by atoms with Gasteiger partial charge in [0.25, 0.3) is 5.91 Å². The predicted molar refractivity (Wildman–Crippen MR) is 92.2 cm³/mol. The zero-order valence-electron chi connectivity index (χ0n) is 13.4. The van der Waals surface area contributed by atoms with Crippen molar-refractivity contribution < 1.29 is 19.4 Å². The van der Waals surface area contributed by atoms with E-state index in [0.29, 0.717) is 13.0 Å². The summed E-state index contributed by atoms with van der Waals surface area (Å²) in [5.74, 6) is -0.178. The van der Waals surface area contributed by atoms with Gasteiger partial charge in [0.1, 0.15) is 5.54 Å². The van der Waals surface area contributed by atoms with Gasteiger partial charge in [-0.15, -0.1) is 24.0 Å². The first-order chi connectivity index (χ1) is 9.89. The first-order valence-corrected chi connectivity index (χ1v) is 7.41. The van der Waals surface area contributed by atoms with E-state index in [1.807, 2.05) is 0 Å². The van der Waals surface area contributed by atoms with Gasteiger partial charge in [0.2, 0.25) is 0 Å². The number of imide groups is 1. The molecule has 0 unspecified atom stereocenters. The van der Waals surface area contributed by atoms with E-state index >= 15 is 0 Å². The van der Waals surface area contributed by atoms with E-state index in [1.165, 1.54) is 4.90 Å². The van der Waals surface area contributed by atoms with Gasteiger partial charge in [0.15, 0.2) is 0 Å². The number of aliphatic hydroxyl groups is 1. The van der Waals surface area contributed by atoms with Gasteiger partial charge in [0, 0.05) is 32.8 Å². The van der Waals surface area contributed by atoms with E-state index in [0.717, 1.165) is 19.5 Å². The molecule has 0 aromatic heterocycles. The minimum absolute atomic E-state index is 0. The Labute approximate surface area is 148 Å². The van der Waals surface area contributed by atoms with Crippen molar-refractivity contribution >= 4 is 35.9 Å². The summed E-state index contributed by atoms with van der Waals surface area (Å²) in [5.41, 5.74) is -0.806. The minimum Gasteiger partial charge on any atom is -0.395 e. The summed E-state index contributed by atoms with van der Waals surface area (Å²) in [6.07, 6.45) is 1.67. The number of nitrogens with one attached hydrogen (secondary N) is 1. The first kappa shape index (κ1) is 19.6. The molecule has 3 amide bonds. The van der Waals surface area contributed by atoms with Crippen LogP contribution in [0.3, 0.4) is 0 Å². The summed E-state index contributed by atoms with van der Waals surface area (Å²) in [4.78, 5) is 27.3. The fourth-order valence-electron chi connectivity index (χ4n) is 3.03. The van der Waals surface area contributed by atoms with Crippen LogP contribution in [0.25, 0.3) is 0 Å². The fraction of sp³-hybridized carbons (Fsp3) is 0.857. The molecule has 0 saturated carbocycles. The molecule has 0 radical (unpaired) electrons. The Kier molecular flexibility index (Phi) is 7.03. The number of methoxy groups -OCH3 is 1. The van der Waals surface area contributed by atoms with E-state index < -0.39 is 5.54 Å². The number of halogens is 1. The molecule has 22 heavy (non-hydrogen) atoms. The molecular weight excluding hydrogens is 401 g/mol. The van der Waals surface area contributed by atoms with Crippen LogP contribution < -0.4 is 5.32 Å². The van der Waals surface area contributed by atoms with Gasteiger partial charge >= 0.3 is 6.03 Å². The van der Waals surface area contributed by atoms with Crippen molar-refractivity contribution in [2.75, 3.05) is 33.4 Å². The molecule has 0 aromatic rings. The van der Waals surface area contributed by atoms with Crippen LogP contribution in [0.1, 0.15) is 26.7 Å². The highest BCUT2D eigenvalue weighted by atomic mass is 127. The molecule has 2 N–H and O–H groups in total. The number of aliphatic hydroxyl groups excluding tert-OH is 1. The second-order valence-corrected chi connectivity index (χ2v) is 6.29. The highest BCUT2D eigenvalue weighted by Gasteiger charge is 2.43. The van der Waals surface area contributed by atoms with Crippen LogP contribution in [-0.4, -0.2) is 77.9 Å². The number of carbonyl (C=O) groups is 2. The summed E-state index contributed by atoms with van der Waals surface area (Å²) in [5, 5.41) is 12.1. The first-order valence-electron chi connectivity index (χ1n) is 7.41. The van der Waals surface area contributed by atoms with Gasteiger partial charge in [-0.2, -0.15) is 0 Å². The average Bonchev–Trinajstić information content (AvgIpc) is 2.92. The van der Waals surface area contributed by atoms with Crippen LogP contribution in [0, 0.1) is 0 Å². The highest BCUT2D eigenvalue weighted by molar-refractivity contribution is 14.0. The molecule has 0 spiro atoms. The topological polar surface area (TPSA) is 82.1 Å². The molecule has 0 bridgehead atoms. The zero-order valence-corrected chi connectivity index (χ0v) is 15.7. The molecule has 2 fully saturated rings. The van der Waals surface area contributed by atoms with E-state index in [1.54, 1.807) is 21.0 Å². The van der Waals surface area contributed by atoms with Crippen molar-refractivity contribution in [2.24, 2.45) is 0 Å². The Balaban J connectivity index is 0.00000242. The summed E-state index contributed by atoms with van der Waals surface area (Å²) in [6.45, 7) is 5.45. The summed E-state index contributed by atoms with van der Waals surface area (Å²) in [6, 6.07) is -0.214. The van der Waals surface area contributed by atoms with Crippen molar-refractivity contribution in [3.8, 4) is 0 Å². The van der Waals surface area contributed by atoms with Crippen LogP contribution in [0.2, 0.25) is 0 Å². The van der Waals surface area contributed by atoms with Crippen molar-refractivity contribution in [1.29, 1.82) is 0 Å². The smallest absolute Gasteiger partial charge is 0.325 e. The third-order valence-electron chi connectivity index (χ3n) is 4.31. The minimum atomic E-state index is -0.806. The lowest BCUT2D eigenvalue weighted by Gasteiger charge is -2.23. The van der Waals surface area contributed by atoms with E-state index in [2.05, 4.69) is 10.2 Å². The normalized spacial score (nSPS) is 27.9. The lowest BCUT2D eigenvalue weighted by atomic mass is 10.1. The maximum atomic E-state index is 12.1. The number of rotatable bonds is 6. The molecule has 2 rings (SSSR count). The third-order valence-corrected chi connectivity index (χ3v) is 4.31. The van der Waals surface area contributed by atoms with Crippen LogP contribution in [0.4, 0.5) is 4.79 Å². The van der Waals surface area contributed by atoms with Gasteiger partial charge in [0.05, 0.1) is 12.7 Å². The monoisotopic (exact) mass is 427 g/mol. The molecule has 2 saturated heterocycles. The number of nitrogens with zero attached hydrogens (tertiary/aromatic N) is 2. The Morgan fingerprint density at radius 3 is 2.55 bits per heavy atom. The molecule has 7 nitrogen and oxygen atoms in total. The SMILES string of the molecule is CO[C@@H]1C[C@@H](CO)N(CCCN2C(=O)NC(C)(C)C2=O)C1.I. The lowest BCUT2D eigenvalue weighted by Crippen LogP contribution is -2.40. The van der Waals surface area contributed by atoms with Crippen LogP contribution in [0.5, 0.6) is 0 Å². The quantitative estimate of drug-likeness (QED) is 0.474. The Hall–Kier alpha value is -0.450. The van der Waals surface area contributed by atoms with Gasteiger partial charge < -0.3 is 15.2 Å².